The summed E-state index contributed by atoms with van der Waals surface area (Å²) in [6.07, 6.45) is 11.2. The Morgan fingerprint density at radius 1 is 1.08 bits per heavy atom. The Labute approximate surface area is 219 Å². The molecule has 0 aromatic heterocycles. The van der Waals surface area contributed by atoms with Crippen LogP contribution in [0.1, 0.15) is 82.6 Å². The minimum absolute atomic E-state index is 0.137. The molecule has 1 aromatic rings. The zero-order valence-electron chi connectivity index (χ0n) is 21.4. The molecule has 0 radical (unpaired) electrons. The van der Waals surface area contributed by atoms with Crippen molar-refractivity contribution in [1.29, 1.82) is 0 Å². The van der Waals surface area contributed by atoms with Gasteiger partial charge in [0.25, 0.3) is 0 Å². The van der Waals surface area contributed by atoms with Gasteiger partial charge < -0.3 is 10.0 Å². The molecule has 3 fully saturated rings. The highest BCUT2D eigenvalue weighted by Gasteiger charge is 2.65. The van der Waals surface area contributed by atoms with Crippen molar-refractivity contribution >= 4 is 28.9 Å². The van der Waals surface area contributed by atoms with Crippen molar-refractivity contribution in [3.05, 3.63) is 52.6 Å². The molecule has 36 heavy (non-hydrogen) atoms. The fraction of sp³-hybridized carbons (Fsp3) is 0.613. The molecule has 0 spiro atoms. The van der Waals surface area contributed by atoms with Gasteiger partial charge >= 0.3 is 0 Å². The van der Waals surface area contributed by atoms with E-state index >= 15 is 0 Å². The summed E-state index contributed by atoms with van der Waals surface area (Å²) in [6, 6.07) is 9.10. The Kier molecular flexibility index (Phi) is 6.20. The molecule has 5 atom stereocenters. The molecule has 1 saturated heterocycles. The minimum Gasteiger partial charge on any atom is -0.381 e. The van der Waals surface area contributed by atoms with Gasteiger partial charge in [0.15, 0.2) is 11.6 Å². The molecule has 5 aliphatic rings. The second-order valence-electron chi connectivity index (χ2n) is 12.1. The van der Waals surface area contributed by atoms with Gasteiger partial charge in [0.05, 0.1) is 5.88 Å². The van der Waals surface area contributed by atoms with E-state index in [2.05, 4.69) is 36.1 Å². The number of anilines is 1. The van der Waals surface area contributed by atoms with Crippen LogP contribution in [0.25, 0.3) is 0 Å². The molecule has 0 bridgehead atoms. The number of piperidine rings is 1. The number of nitrogens with zero attached hydrogens (tertiary/aromatic N) is 1. The summed E-state index contributed by atoms with van der Waals surface area (Å²) < 4.78 is 0. The zero-order valence-corrected chi connectivity index (χ0v) is 22.2. The molecule has 4 aliphatic carbocycles. The lowest BCUT2D eigenvalue weighted by Gasteiger charge is -2.54. The average Bonchev–Trinajstić information content (AvgIpc) is 3.19. The first-order chi connectivity index (χ1) is 17.4. The summed E-state index contributed by atoms with van der Waals surface area (Å²) in [4.78, 5) is 27.8. The normalized spacial score (nSPS) is 36.2. The van der Waals surface area contributed by atoms with Crippen LogP contribution in [-0.4, -0.2) is 41.2 Å². The van der Waals surface area contributed by atoms with Crippen LogP contribution < -0.4 is 4.90 Å². The lowest BCUT2D eigenvalue weighted by atomic mass is 9.51. The standard InChI is InChI=1S/C31H38ClNO3/c1-30-18-26(20-5-8-22(9-6-20)33-15-3-2-4-16-33)29-24-12-10-23(34)17-21(24)7-11-25(29)27(30)13-14-31(30,36)28(35)19-32/h5-6,8-9,17,25-27,36H,2-4,7,10-16,18-19H2,1H3/t25-,26+,27-,30-,31-/m0/s1. The zero-order chi connectivity index (χ0) is 25.1. The third kappa shape index (κ3) is 3.66. The maximum Gasteiger partial charge on any atom is 0.179 e. The number of aliphatic hydroxyl groups is 1. The highest BCUT2D eigenvalue weighted by atomic mass is 35.5. The average molecular weight is 508 g/mol. The van der Waals surface area contributed by atoms with Gasteiger partial charge in [0, 0.05) is 36.5 Å². The van der Waals surface area contributed by atoms with E-state index in [4.69, 9.17) is 11.6 Å². The van der Waals surface area contributed by atoms with Crippen LogP contribution in [0.4, 0.5) is 5.69 Å². The van der Waals surface area contributed by atoms with Gasteiger partial charge in [-0.05, 0) is 105 Å². The van der Waals surface area contributed by atoms with E-state index in [1.165, 1.54) is 47.2 Å². The SMILES string of the molecule is C[C@]12C[C@H](c3ccc(N4CCCCC4)cc3)C3=C4CCC(=O)C=C4CC[C@H]3[C@@H]1CC[C@]2(O)C(=O)CCl. The van der Waals surface area contributed by atoms with Crippen LogP contribution in [0, 0.1) is 17.3 Å². The van der Waals surface area contributed by atoms with Gasteiger partial charge in [-0.25, -0.2) is 0 Å². The van der Waals surface area contributed by atoms with Crippen LogP contribution >= 0.6 is 11.6 Å². The van der Waals surface area contributed by atoms with E-state index in [0.29, 0.717) is 18.8 Å². The van der Waals surface area contributed by atoms with E-state index in [-0.39, 0.29) is 29.3 Å². The van der Waals surface area contributed by atoms with E-state index in [0.717, 1.165) is 45.2 Å². The van der Waals surface area contributed by atoms with Crippen LogP contribution in [-0.2, 0) is 9.59 Å². The summed E-state index contributed by atoms with van der Waals surface area (Å²) in [5.41, 5.74) is 4.83. The Bertz CT molecular complexity index is 1130. The number of benzene rings is 1. The topological polar surface area (TPSA) is 57.6 Å². The van der Waals surface area contributed by atoms with E-state index in [1.807, 2.05) is 6.08 Å². The first kappa shape index (κ1) is 24.4. The second kappa shape index (κ2) is 9.13. The molecular weight excluding hydrogens is 470 g/mol. The van der Waals surface area contributed by atoms with Gasteiger partial charge in [-0.3, -0.25) is 9.59 Å². The van der Waals surface area contributed by atoms with E-state index < -0.39 is 11.0 Å². The molecule has 1 heterocycles. The van der Waals surface area contributed by atoms with Crippen LogP contribution in [0.15, 0.2) is 47.1 Å². The highest BCUT2D eigenvalue weighted by molar-refractivity contribution is 6.29. The summed E-state index contributed by atoms with van der Waals surface area (Å²) >= 11 is 6.04. The Morgan fingerprint density at radius 2 is 1.83 bits per heavy atom. The number of ketones is 2. The third-order valence-electron chi connectivity index (χ3n) is 10.5. The maximum atomic E-state index is 13.0. The number of rotatable bonds is 4. The Balaban J connectivity index is 1.44. The fourth-order valence-electron chi connectivity index (χ4n) is 8.60. The molecular formula is C31H38ClNO3. The predicted molar refractivity (Wildman–Crippen MR) is 143 cm³/mol. The van der Waals surface area contributed by atoms with Crippen LogP contribution in [0.2, 0.25) is 0 Å². The number of fused-ring (bicyclic) bond motifs is 4. The number of Topliss-reactive ketones (excluding diaryl/α,β-unsaturated/α-hetero) is 1. The Hall–Kier alpha value is -1.91. The largest absolute Gasteiger partial charge is 0.381 e. The summed E-state index contributed by atoms with van der Waals surface area (Å²) in [6.45, 7) is 4.40. The second-order valence-corrected chi connectivity index (χ2v) is 12.4. The summed E-state index contributed by atoms with van der Waals surface area (Å²) in [5.74, 6) is 0.643. The van der Waals surface area contributed by atoms with Crippen molar-refractivity contribution in [2.45, 2.75) is 82.7 Å². The number of hydrogen-bond donors (Lipinski definition) is 1. The van der Waals surface area contributed by atoms with Crippen molar-refractivity contribution in [2.75, 3.05) is 23.9 Å². The van der Waals surface area contributed by atoms with Crippen molar-refractivity contribution in [3.8, 4) is 0 Å². The summed E-state index contributed by atoms with van der Waals surface area (Å²) in [7, 11) is 0. The number of alkyl halides is 1. The van der Waals surface area contributed by atoms with E-state index in [9.17, 15) is 14.7 Å². The smallest absolute Gasteiger partial charge is 0.179 e. The summed E-state index contributed by atoms with van der Waals surface area (Å²) in [5, 5.41) is 11.8. The van der Waals surface area contributed by atoms with Crippen molar-refractivity contribution in [1.82, 2.24) is 0 Å². The first-order valence-corrected chi connectivity index (χ1v) is 14.5. The molecule has 6 rings (SSSR count). The van der Waals surface area contributed by atoms with Crippen molar-refractivity contribution in [3.63, 3.8) is 0 Å². The fourth-order valence-corrected chi connectivity index (χ4v) is 8.82. The van der Waals surface area contributed by atoms with Gasteiger partial charge in [-0.1, -0.05) is 24.6 Å². The third-order valence-corrected chi connectivity index (χ3v) is 10.7. The molecule has 0 amide bonds. The number of hydrogen-bond acceptors (Lipinski definition) is 4. The first-order valence-electron chi connectivity index (χ1n) is 14.0. The van der Waals surface area contributed by atoms with Gasteiger partial charge in [-0.2, -0.15) is 0 Å². The van der Waals surface area contributed by atoms with Crippen molar-refractivity contribution < 1.29 is 14.7 Å². The molecule has 2 saturated carbocycles. The molecule has 4 nitrogen and oxygen atoms in total. The van der Waals surface area contributed by atoms with Crippen LogP contribution in [0.3, 0.4) is 0 Å². The van der Waals surface area contributed by atoms with Gasteiger partial charge in [0.1, 0.15) is 5.60 Å². The number of carbonyl (C=O) groups excluding carboxylic acids is 2. The molecule has 1 aliphatic heterocycles. The molecule has 192 valence electrons. The molecule has 0 unspecified atom stereocenters. The quantitative estimate of drug-likeness (QED) is 0.499. The number of allylic oxidation sites excluding steroid dienone is 4. The predicted octanol–water partition coefficient (Wildman–Crippen LogP) is 6.12. The number of halogens is 1. The lowest BCUT2D eigenvalue weighted by Crippen LogP contribution is -2.56. The van der Waals surface area contributed by atoms with E-state index in [1.54, 1.807) is 0 Å². The maximum absolute atomic E-state index is 13.0. The van der Waals surface area contributed by atoms with Crippen molar-refractivity contribution in [2.24, 2.45) is 17.3 Å². The van der Waals surface area contributed by atoms with Gasteiger partial charge in [-0.15, -0.1) is 11.6 Å². The molecule has 5 heteroatoms. The monoisotopic (exact) mass is 507 g/mol. The van der Waals surface area contributed by atoms with Gasteiger partial charge in [0.2, 0.25) is 0 Å². The molecule has 1 aromatic carbocycles. The van der Waals surface area contributed by atoms with Crippen LogP contribution in [0.5, 0.6) is 0 Å². The Morgan fingerprint density at radius 3 is 2.56 bits per heavy atom. The number of carbonyl (C=O) groups is 2. The molecule has 1 N–H and O–H groups in total. The highest BCUT2D eigenvalue weighted by Crippen LogP contribution is 2.67. The minimum atomic E-state index is -1.36. The lowest BCUT2D eigenvalue weighted by molar-refractivity contribution is -0.152.